The minimum atomic E-state index is 0.367. The molecule has 66 valence electrons. The van der Waals surface area contributed by atoms with Gasteiger partial charge in [0.15, 0.2) is 0 Å². The fraction of sp³-hybridized carbons (Fsp3) is 0.750. The van der Waals surface area contributed by atoms with Gasteiger partial charge in [-0.3, -0.25) is 0 Å². The Hall–Kier alpha value is -0.640. The molecule has 0 saturated heterocycles. The molecule has 0 radical (unpaired) electrons. The highest BCUT2D eigenvalue weighted by atomic mass is 32.1. The van der Waals surface area contributed by atoms with Gasteiger partial charge in [-0.15, -0.1) is 10.2 Å². The van der Waals surface area contributed by atoms with Gasteiger partial charge in [0.25, 0.3) is 0 Å². The second kappa shape index (κ2) is 2.69. The maximum absolute atomic E-state index is 4.05. The molecule has 1 fully saturated rings. The number of hydrogen-bond donors (Lipinski definition) is 1. The van der Waals surface area contributed by atoms with Crippen molar-refractivity contribution in [3.8, 4) is 0 Å². The summed E-state index contributed by atoms with van der Waals surface area (Å²) >= 11 is 1.64. The molecular weight excluding hydrogens is 170 g/mol. The van der Waals surface area contributed by atoms with Gasteiger partial charge in [-0.1, -0.05) is 18.3 Å². The SMILES string of the molecule is CCC1(Nc2nnc(C)s2)CC1. The zero-order chi connectivity index (χ0) is 8.60. The lowest BCUT2D eigenvalue weighted by molar-refractivity contribution is 0.699. The Bertz CT molecular complexity index is 278. The quantitative estimate of drug-likeness (QED) is 0.780. The normalized spacial score (nSPS) is 19.2. The molecule has 1 aromatic rings. The van der Waals surface area contributed by atoms with Gasteiger partial charge >= 0.3 is 0 Å². The van der Waals surface area contributed by atoms with Crippen molar-refractivity contribution in [2.75, 3.05) is 5.32 Å². The van der Waals surface area contributed by atoms with E-state index in [2.05, 4.69) is 22.4 Å². The minimum Gasteiger partial charge on any atom is -0.355 e. The fourth-order valence-electron chi connectivity index (χ4n) is 1.29. The van der Waals surface area contributed by atoms with E-state index in [1.165, 1.54) is 19.3 Å². The van der Waals surface area contributed by atoms with Crippen LogP contribution in [-0.2, 0) is 0 Å². The van der Waals surface area contributed by atoms with Crippen LogP contribution in [0.25, 0.3) is 0 Å². The molecule has 1 aliphatic carbocycles. The van der Waals surface area contributed by atoms with Crippen molar-refractivity contribution in [3.63, 3.8) is 0 Å². The second-order valence-corrected chi connectivity index (χ2v) is 4.57. The second-order valence-electron chi connectivity index (χ2n) is 3.39. The van der Waals surface area contributed by atoms with Gasteiger partial charge in [0.05, 0.1) is 0 Å². The molecule has 1 saturated carbocycles. The van der Waals surface area contributed by atoms with Crippen LogP contribution in [0, 0.1) is 6.92 Å². The van der Waals surface area contributed by atoms with E-state index in [0.717, 1.165) is 10.1 Å². The first kappa shape index (κ1) is 7.98. The minimum absolute atomic E-state index is 0.367. The third-order valence-corrected chi connectivity index (χ3v) is 3.18. The Balaban J connectivity index is 2.04. The van der Waals surface area contributed by atoms with Crippen molar-refractivity contribution in [2.24, 2.45) is 0 Å². The molecule has 12 heavy (non-hydrogen) atoms. The van der Waals surface area contributed by atoms with Crippen LogP contribution in [-0.4, -0.2) is 15.7 Å². The molecule has 0 bridgehead atoms. The van der Waals surface area contributed by atoms with Crippen LogP contribution in [0.2, 0.25) is 0 Å². The number of hydrogen-bond acceptors (Lipinski definition) is 4. The Morgan fingerprint density at radius 2 is 2.25 bits per heavy atom. The predicted octanol–water partition coefficient (Wildman–Crippen LogP) is 2.20. The molecule has 1 aliphatic rings. The van der Waals surface area contributed by atoms with Gasteiger partial charge in [-0.2, -0.15) is 0 Å². The number of rotatable bonds is 3. The average Bonchev–Trinajstić information content (AvgIpc) is 2.71. The molecule has 0 atom stereocenters. The number of nitrogens with one attached hydrogen (secondary N) is 1. The largest absolute Gasteiger partial charge is 0.355 e. The van der Waals surface area contributed by atoms with Crippen molar-refractivity contribution < 1.29 is 0 Å². The van der Waals surface area contributed by atoms with Crippen molar-refractivity contribution in [1.29, 1.82) is 0 Å². The van der Waals surface area contributed by atoms with Gasteiger partial charge < -0.3 is 5.32 Å². The highest BCUT2D eigenvalue weighted by Crippen LogP contribution is 2.41. The summed E-state index contributed by atoms with van der Waals surface area (Å²) in [5, 5.41) is 13.5. The molecule has 0 unspecified atom stereocenters. The van der Waals surface area contributed by atoms with Crippen LogP contribution in [0.4, 0.5) is 5.13 Å². The van der Waals surface area contributed by atoms with Gasteiger partial charge in [0.2, 0.25) is 5.13 Å². The van der Waals surface area contributed by atoms with Gasteiger partial charge in [0.1, 0.15) is 5.01 Å². The number of nitrogens with zero attached hydrogens (tertiary/aromatic N) is 2. The van der Waals surface area contributed by atoms with Gasteiger partial charge in [0, 0.05) is 5.54 Å². The van der Waals surface area contributed by atoms with E-state index >= 15 is 0 Å². The van der Waals surface area contributed by atoms with Crippen LogP contribution in [0.5, 0.6) is 0 Å². The molecule has 0 spiro atoms. The van der Waals surface area contributed by atoms with E-state index < -0.39 is 0 Å². The molecule has 0 aromatic carbocycles. The van der Waals surface area contributed by atoms with Crippen molar-refractivity contribution in [3.05, 3.63) is 5.01 Å². The van der Waals surface area contributed by atoms with Gasteiger partial charge in [-0.05, 0) is 26.2 Å². The smallest absolute Gasteiger partial charge is 0.206 e. The summed E-state index contributed by atoms with van der Waals surface area (Å²) in [7, 11) is 0. The summed E-state index contributed by atoms with van der Waals surface area (Å²) in [5.41, 5.74) is 0.367. The van der Waals surface area contributed by atoms with Gasteiger partial charge in [-0.25, -0.2) is 0 Å². The standard InChI is InChI=1S/C8H13N3S/c1-3-8(4-5-8)9-7-11-10-6(2)12-7/h3-5H2,1-2H3,(H,9,11). The maximum atomic E-state index is 4.05. The molecule has 2 rings (SSSR count). The number of aromatic nitrogens is 2. The van der Waals surface area contributed by atoms with Crippen molar-refractivity contribution >= 4 is 16.5 Å². The molecule has 0 aliphatic heterocycles. The summed E-state index contributed by atoms with van der Waals surface area (Å²) in [5.74, 6) is 0. The maximum Gasteiger partial charge on any atom is 0.206 e. The van der Waals surface area contributed by atoms with E-state index in [9.17, 15) is 0 Å². The summed E-state index contributed by atoms with van der Waals surface area (Å²) in [4.78, 5) is 0. The van der Waals surface area contributed by atoms with Crippen molar-refractivity contribution in [2.45, 2.75) is 38.6 Å². The summed E-state index contributed by atoms with van der Waals surface area (Å²) in [6.45, 7) is 4.20. The molecule has 1 N–H and O–H groups in total. The predicted molar refractivity (Wildman–Crippen MR) is 50.5 cm³/mol. The lowest BCUT2D eigenvalue weighted by atomic mass is 10.2. The molecule has 0 amide bonds. The molecular formula is C8H13N3S. The summed E-state index contributed by atoms with van der Waals surface area (Å²) in [6.07, 6.45) is 3.75. The average molecular weight is 183 g/mol. The summed E-state index contributed by atoms with van der Waals surface area (Å²) < 4.78 is 0. The third-order valence-electron chi connectivity index (χ3n) is 2.43. The molecule has 1 aromatic heterocycles. The molecule has 3 nitrogen and oxygen atoms in total. The van der Waals surface area contributed by atoms with E-state index in [4.69, 9.17) is 0 Å². The zero-order valence-electron chi connectivity index (χ0n) is 7.42. The fourth-order valence-corrected chi connectivity index (χ4v) is 2.00. The van der Waals surface area contributed by atoms with Crippen molar-refractivity contribution in [1.82, 2.24) is 10.2 Å². The van der Waals surface area contributed by atoms with Crippen LogP contribution < -0.4 is 5.32 Å². The lowest BCUT2D eigenvalue weighted by Crippen LogP contribution is -2.19. The highest BCUT2D eigenvalue weighted by Gasteiger charge is 2.41. The Morgan fingerprint density at radius 1 is 1.50 bits per heavy atom. The van der Waals surface area contributed by atoms with E-state index in [1.54, 1.807) is 11.3 Å². The van der Waals surface area contributed by atoms with Crippen LogP contribution in [0.3, 0.4) is 0 Å². The first-order chi connectivity index (χ1) is 5.74. The summed E-state index contributed by atoms with van der Waals surface area (Å²) in [6, 6.07) is 0. The highest BCUT2D eigenvalue weighted by molar-refractivity contribution is 7.15. The zero-order valence-corrected chi connectivity index (χ0v) is 8.24. The Labute approximate surface area is 76.2 Å². The first-order valence-electron chi connectivity index (χ1n) is 4.32. The van der Waals surface area contributed by atoms with Crippen LogP contribution >= 0.6 is 11.3 Å². The lowest BCUT2D eigenvalue weighted by Gasteiger charge is -2.12. The molecule has 1 heterocycles. The van der Waals surface area contributed by atoms with E-state index in [-0.39, 0.29) is 0 Å². The number of aryl methyl sites for hydroxylation is 1. The van der Waals surface area contributed by atoms with E-state index in [0.29, 0.717) is 5.54 Å². The molecule has 4 heteroatoms. The number of anilines is 1. The topological polar surface area (TPSA) is 37.8 Å². The monoisotopic (exact) mass is 183 g/mol. The van der Waals surface area contributed by atoms with E-state index in [1.807, 2.05) is 6.92 Å². The third kappa shape index (κ3) is 1.43. The first-order valence-corrected chi connectivity index (χ1v) is 5.14. The van der Waals surface area contributed by atoms with Crippen LogP contribution in [0.15, 0.2) is 0 Å². The Kier molecular flexibility index (Phi) is 1.79. The van der Waals surface area contributed by atoms with Crippen LogP contribution in [0.1, 0.15) is 31.2 Å². The Morgan fingerprint density at radius 3 is 2.67 bits per heavy atom.